The zero-order valence-corrected chi connectivity index (χ0v) is 43.5. The lowest BCUT2D eigenvalue weighted by molar-refractivity contribution is 1.16. The summed E-state index contributed by atoms with van der Waals surface area (Å²) in [5.74, 6) is 0.725. The molecular formula is C73H51N5. The maximum Gasteiger partial charge on any atom is 0.160 e. The Bertz CT molecular complexity index is 4530. The maximum absolute atomic E-state index is 5.15. The van der Waals surface area contributed by atoms with Crippen LogP contribution in [0.25, 0.3) is 139 Å². The predicted molar refractivity (Wildman–Crippen MR) is 326 cm³/mol. The smallest absolute Gasteiger partial charge is 0.160 e. The van der Waals surface area contributed by atoms with E-state index in [9.17, 15) is 0 Å². The number of aryl methyl sites for hydroxylation is 3. The molecular weight excluding hydrogens is 947 g/mol. The summed E-state index contributed by atoms with van der Waals surface area (Å²) in [6.07, 6.45) is 0. The molecule has 0 unspecified atom stereocenters. The number of benzene rings is 11. The summed E-state index contributed by atoms with van der Waals surface area (Å²) in [7, 11) is 0. The number of aromatic nitrogens is 5. The molecule has 0 atom stereocenters. The predicted octanol–water partition coefficient (Wildman–Crippen LogP) is 19.0. The molecule has 368 valence electrons. The van der Waals surface area contributed by atoms with Gasteiger partial charge in [-0.1, -0.05) is 169 Å². The molecule has 5 heteroatoms. The Morgan fingerprint density at radius 3 is 1.13 bits per heavy atom. The number of nitrogens with zero attached hydrogens (tertiary/aromatic N) is 5. The molecule has 0 saturated heterocycles. The van der Waals surface area contributed by atoms with Gasteiger partial charge in [-0.05, 0) is 146 Å². The zero-order chi connectivity index (χ0) is 52.0. The Morgan fingerprint density at radius 2 is 0.641 bits per heavy atom. The first-order chi connectivity index (χ1) is 38.4. The third-order valence-electron chi connectivity index (χ3n) is 15.9. The molecule has 0 amide bonds. The van der Waals surface area contributed by atoms with Crippen LogP contribution in [0.2, 0.25) is 0 Å². The molecule has 0 bridgehead atoms. The summed E-state index contributed by atoms with van der Waals surface area (Å²) < 4.78 is 7.28. The van der Waals surface area contributed by atoms with E-state index in [0.29, 0.717) is 0 Å². The van der Waals surface area contributed by atoms with Crippen molar-refractivity contribution in [3.63, 3.8) is 0 Å². The summed E-state index contributed by atoms with van der Waals surface area (Å²) in [5.41, 5.74) is 23.7. The first-order valence-corrected chi connectivity index (χ1v) is 26.8. The molecule has 11 aromatic carbocycles. The van der Waals surface area contributed by atoms with Crippen LogP contribution in [0.3, 0.4) is 0 Å². The van der Waals surface area contributed by atoms with Crippen LogP contribution in [0.1, 0.15) is 16.7 Å². The van der Waals surface area contributed by atoms with E-state index in [-0.39, 0.29) is 0 Å². The lowest BCUT2D eigenvalue weighted by Gasteiger charge is -2.13. The van der Waals surface area contributed by atoms with Gasteiger partial charge in [0.2, 0.25) is 0 Å². The van der Waals surface area contributed by atoms with Gasteiger partial charge >= 0.3 is 0 Å². The summed E-state index contributed by atoms with van der Waals surface area (Å²) in [6, 6.07) is 92.9. The molecule has 4 heterocycles. The van der Waals surface area contributed by atoms with Crippen molar-refractivity contribution in [1.29, 1.82) is 0 Å². The van der Waals surface area contributed by atoms with Gasteiger partial charge in [-0.2, -0.15) is 0 Å². The van der Waals surface area contributed by atoms with E-state index in [4.69, 9.17) is 9.97 Å². The van der Waals surface area contributed by atoms with E-state index in [2.05, 4.69) is 289 Å². The summed E-state index contributed by atoms with van der Waals surface area (Å²) in [6.45, 7) is 6.43. The minimum Gasteiger partial charge on any atom is -0.309 e. The summed E-state index contributed by atoms with van der Waals surface area (Å²) >= 11 is 0. The molecule has 0 saturated carbocycles. The standard InChI is InChI=1S/C73H51N5/c1-46-14-12-16-52(40-46)65-45-66(75-73(74-65)54-17-13-15-47(2)41-54)53-32-37-58(48(3)42-53)51-28-26-49(27-29-51)50-30-33-55(34-31-50)76-71-38-35-56(77-67-22-8-4-18-59(67)60-19-5-9-23-68(60)77)43-63(71)64-44-57(36-39-72(64)76)78-69-24-10-6-20-61(69)62-21-7-11-25-70(62)78/h4-45H,1-3H3. The Kier molecular flexibility index (Phi) is 10.5. The molecule has 0 N–H and O–H groups in total. The van der Waals surface area contributed by atoms with Gasteiger partial charge in [0, 0.05) is 66.1 Å². The zero-order valence-electron chi connectivity index (χ0n) is 43.5. The van der Waals surface area contributed by atoms with E-state index in [0.717, 1.165) is 67.6 Å². The fourth-order valence-electron chi connectivity index (χ4n) is 12.2. The highest BCUT2D eigenvalue weighted by Crippen LogP contribution is 2.41. The number of hydrogen-bond acceptors (Lipinski definition) is 2. The second-order valence-corrected chi connectivity index (χ2v) is 20.8. The van der Waals surface area contributed by atoms with Gasteiger partial charge in [0.15, 0.2) is 5.82 Å². The van der Waals surface area contributed by atoms with Crippen molar-refractivity contribution in [1.82, 2.24) is 23.7 Å². The molecule has 4 aromatic heterocycles. The Morgan fingerprint density at radius 1 is 0.256 bits per heavy atom. The van der Waals surface area contributed by atoms with Gasteiger partial charge in [-0.15, -0.1) is 0 Å². The molecule has 0 radical (unpaired) electrons. The maximum atomic E-state index is 5.15. The van der Waals surface area contributed by atoms with E-state index < -0.39 is 0 Å². The van der Waals surface area contributed by atoms with Gasteiger partial charge < -0.3 is 13.7 Å². The number of rotatable bonds is 8. The average molecular weight is 998 g/mol. The molecule has 0 aliphatic rings. The molecule has 15 rings (SSSR count). The number of fused-ring (bicyclic) bond motifs is 9. The van der Waals surface area contributed by atoms with Crippen LogP contribution < -0.4 is 0 Å². The Balaban J connectivity index is 0.792. The monoisotopic (exact) mass is 997 g/mol. The van der Waals surface area contributed by atoms with Crippen LogP contribution >= 0.6 is 0 Å². The molecule has 0 spiro atoms. The average Bonchev–Trinajstić information content (AvgIpc) is 4.19. The van der Waals surface area contributed by atoms with Gasteiger partial charge in [0.05, 0.1) is 44.5 Å². The third-order valence-corrected chi connectivity index (χ3v) is 15.9. The normalized spacial score (nSPS) is 11.8. The van der Waals surface area contributed by atoms with E-state index in [1.807, 2.05) is 0 Å². The molecule has 15 aromatic rings. The van der Waals surface area contributed by atoms with Crippen molar-refractivity contribution in [2.45, 2.75) is 20.8 Å². The highest BCUT2D eigenvalue weighted by atomic mass is 15.0. The van der Waals surface area contributed by atoms with E-state index in [1.54, 1.807) is 0 Å². The second-order valence-electron chi connectivity index (χ2n) is 20.8. The third kappa shape index (κ3) is 7.46. The van der Waals surface area contributed by atoms with Gasteiger partial charge in [0.1, 0.15) is 0 Å². The van der Waals surface area contributed by atoms with Crippen LogP contribution in [0.15, 0.2) is 255 Å². The molecule has 0 aliphatic carbocycles. The molecule has 0 aliphatic heterocycles. The van der Waals surface area contributed by atoms with Crippen LogP contribution in [0.4, 0.5) is 0 Å². The SMILES string of the molecule is Cc1cccc(-c2cc(-c3ccc(-c4ccc(-c5ccc(-n6c7ccc(-n8c9ccccc9c9ccccc98)cc7c7cc(-n8c9ccccc9c9ccccc98)ccc76)cc5)cc4)c(C)c3)nc(-c3cccc(C)c3)n2)c1. The molecule has 5 nitrogen and oxygen atoms in total. The van der Waals surface area contributed by atoms with E-state index in [1.165, 1.54) is 87.8 Å². The van der Waals surface area contributed by atoms with Crippen molar-refractivity contribution < 1.29 is 0 Å². The topological polar surface area (TPSA) is 40.6 Å². The highest BCUT2D eigenvalue weighted by molar-refractivity contribution is 6.14. The van der Waals surface area contributed by atoms with Crippen molar-refractivity contribution in [3.8, 4) is 73.2 Å². The van der Waals surface area contributed by atoms with Crippen molar-refractivity contribution in [2.24, 2.45) is 0 Å². The molecule has 0 fully saturated rings. The van der Waals surface area contributed by atoms with Crippen LogP contribution in [-0.2, 0) is 0 Å². The lowest BCUT2D eigenvalue weighted by atomic mass is 9.95. The second kappa shape index (κ2) is 18.0. The minimum atomic E-state index is 0.725. The first kappa shape index (κ1) is 45.3. The first-order valence-electron chi connectivity index (χ1n) is 26.8. The summed E-state index contributed by atoms with van der Waals surface area (Å²) in [4.78, 5) is 10.2. The Labute approximate surface area is 452 Å². The lowest BCUT2D eigenvalue weighted by Crippen LogP contribution is -1.97. The van der Waals surface area contributed by atoms with E-state index >= 15 is 0 Å². The van der Waals surface area contributed by atoms with Crippen LogP contribution in [0, 0.1) is 20.8 Å². The number of hydrogen-bond donors (Lipinski definition) is 0. The minimum absolute atomic E-state index is 0.725. The van der Waals surface area contributed by atoms with Crippen molar-refractivity contribution >= 4 is 65.4 Å². The largest absolute Gasteiger partial charge is 0.309 e. The summed E-state index contributed by atoms with van der Waals surface area (Å²) in [5, 5.41) is 7.41. The van der Waals surface area contributed by atoms with Crippen LogP contribution in [0.5, 0.6) is 0 Å². The fraction of sp³-hybridized carbons (Fsp3) is 0.0411. The van der Waals surface area contributed by atoms with Gasteiger partial charge in [-0.3, -0.25) is 0 Å². The van der Waals surface area contributed by atoms with Crippen LogP contribution in [-0.4, -0.2) is 23.7 Å². The van der Waals surface area contributed by atoms with Gasteiger partial charge in [-0.25, -0.2) is 9.97 Å². The number of para-hydroxylation sites is 4. The highest BCUT2D eigenvalue weighted by Gasteiger charge is 2.20. The Hall–Kier alpha value is -10.1. The van der Waals surface area contributed by atoms with Crippen molar-refractivity contribution in [3.05, 3.63) is 271 Å². The fourth-order valence-corrected chi connectivity index (χ4v) is 12.2. The van der Waals surface area contributed by atoms with Gasteiger partial charge in [0.25, 0.3) is 0 Å². The van der Waals surface area contributed by atoms with Crippen molar-refractivity contribution in [2.75, 3.05) is 0 Å². The molecule has 78 heavy (non-hydrogen) atoms. The quantitative estimate of drug-likeness (QED) is 0.152.